The van der Waals surface area contributed by atoms with Crippen LogP contribution in [0.25, 0.3) is 0 Å². The van der Waals surface area contributed by atoms with E-state index in [4.69, 9.17) is 9.84 Å². The Hall–Kier alpha value is -2.43. The lowest BCUT2D eigenvalue weighted by molar-refractivity contribution is -0.139. The van der Waals surface area contributed by atoms with Gasteiger partial charge in [-0.25, -0.2) is 17.5 Å². The number of ether oxygens (including phenoxy) is 1. The highest BCUT2D eigenvalue weighted by Gasteiger charge is 2.26. The molecule has 1 aromatic heterocycles. The van der Waals surface area contributed by atoms with E-state index in [9.17, 15) is 18.0 Å². The molecule has 0 bridgehead atoms. The summed E-state index contributed by atoms with van der Waals surface area (Å²) < 4.78 is 30.7. The number of rotatable bonds is 7. The van der Waals surface area contributed by atoms with Gasteiger partial charge in [0.2, 0.25) is 10.0 Å². The maximum Gasteiger partial charge on any atom is 0.341 e. The van der Waals surface area contributed by atoms with Crippen molar-refractivity contribution < 1.29 is 27.9 Å². The van der Waals surface area contributed by atoms with E-state index in [2.05, 4.69) is 5.32 Å². The Morgan fingerprint density at radius 3 is 2.54 bits per heavy atom. The number of aryl methyl sites for hydroxylation is 1. The molecule has 0 spiro atoms. The molecule has 26 heavy (non-hydrogen) atoms. The Bertz CT molecular complexity index is 934. The molecule has 8 nitrogen and oxygen atoms in total. The molecule has 2 N–H and O–H groups in total. The predicted molar refractivity (Wildman–Crippen MR) is 97.5 cm³/mol. The van der Waals surface area contributed by atoms with Crippen molar-refractivity contribution in [3.63, 3.8) is 0 Å². The molecule has 0 atom stereocenters. The molecular weight excluding hydrogens is 380 g/mol. The number of sulfonamides is 1. The Morgan fingerprint density at radius 2 is 1.96 bits per heavy atom. The number of benzene rings is 1. The molecular formula is C16H18N2O6S2. The molecule has 140 valence electrons. The van der Waals surface area contributed by atoms with E-state index >= 15 is 0 Å². The third-order valence-electron chi connectivity index (χ3n) is 3.40. The lowest BCUT2D eigenvalue weighted by Gasteiger charge is -2.13. The predicted octanol–water partition coefficient (Wildman–Crippen LogP) is 2.02. The highest BCUT2D eigenvalue weighted by molar-refractivity contribution is 7.89. The molecule has 0 aliphatic carbocycles. The van der Waals surface area contributed by atoms with Crippen molar-refractivity contribution in [2.45, 2.75) is 11.8 Å². The van der Waals surface area contributed by atoms with Gasteiger partial charge in [0.15, 0.2) is 6.61 Å². The van der Waals surface area contributed by atoms with Crippen LogP contribution in [0.3, 0.4) is 0 Å². The van der Waals surface area contributed by atoms with Gasteiger partial charge in [-0.05, 0) is 42.1 Å². The van der Waals surface area contributed by atoms with Crippen LogP contribution in [0.2, 0.25) is 0 Å². The van der Waals surface area contributed by atoms with E-state index in [1.807, 2.05) is 0 Å². The van der Waals surface area contributed by atoms with Gasteiger partial charge in [0.05, 0.1) is 0 Å². The number of carbonyl (C=O) groups is 2. The first kappa shape index (κ1) is 19.9. The van der Waals surface area contributed by atoms with Crippen LogP contribution < -0.4 is 10.1 Å². The number of nitrogens with zero attached hydrogens (tertiary/aromatic N) is 1. The number of carboxylic acids is 1. The van der Waals surface area contributed by atoms with Crippen molar-refractivity contribution >= 4 is 38.9 Å². The monoisotopic (exact) mass is 398 g/mol. The number of amides is 1. The maximum absolute atomic E-state index is 12.5. The third-order valence-corrected chi connectivity index (χ3v) is 6.30. The summed E-state index contributed by atoms with van der Waals surface area (Å²) in [6.45, 7) is 1.25. The van der Waals surface area contributed by atoms with Crippen molar-refractivity contribution in [2.75, 3.05) is 26.0 Å². The van der Waals surface area contributed by atoms with E-state index in [0.29, 0.717) is 17.0 Å². The molecule has 2 rings (SSSR count). The summed E-state index contributed by atoms with van der Waals surface area (Å²) in [5.41, 5.74) is 1.12. The van der Waals surface area contributed by atoms with Crippen LogP contribution in [-0.4, -0.2) is 50.4 Å². The number of thiophene rings is 1. The van der Waals surface area contributed by atoms with Gasteiger partial charge in [-0.15, -0.1) is 11.3 Å². The molecule has 1 amide bonds. The van der Waals surface area contributed by atoms with Gasteiger partial charge < -0.3 is 15.2 Å². The number of carbonyl (C=O) groups excluding carboxylic acids is 1. The van der Waals surface area contributed by atoms with Crippen LogP contribution in [0.1, 0.15) is 15.2 Å². The van der Waals surface area contributed by atoms with E-state index in [1.54, 1.807) is 24.4 Å². The van der Waals surface area contributed by atoms with Crippen molar-refractivity contribution in [1.82, 2.24) is 4.31 Å². The number of hydrogen-bond acceptors (Lipinski definition) is 6. The number of aliphatic carboxylic acids is 1. The van der Waals surface area contributed by atoms with Crippen LogP contribution in [0.4, 0.5) is 5.69 Å². The summed E-state index contributed by atoms with van der Waals surface area (Å²) >= 11 is 1.03. The summed E-state index contributed by atoms with van der Waals surface area (Å²) in [5.74, 6) is -1.27. The fraction of sp³-hybridized carbons (Fsp3) is 0.250. The first-order valence-electron chi connectivity index (χ1n) is 7.39. The minimum absolute atomic E-state index is 0.0518. The van der Waals surface area contributed by atoms with Crippen LogP contribution in [-0.2, 0) is 14.8 Å². The molecule has 0 unspecified atom stereocenters. The fourth-order valence-corrected chi connectivity index (χ4v) is 4.24. The maximum atomic E-state index is 12.5. The van der Waals surface area contributed by atoms with Gasteiger partial charge in [-0.1, -0.05) is 0 Å². The zero-order chi connectivity index (χ0) is 19.5. The first-order valence-corrected chi connectivity index (χ1v) is 9.71. The third kappa shape index (κ3) is 4.40. The molecule has 0 saturated heterocycles. The average Bonchev–Trinajstić information content (AvgIpc) is 3.05. The number of nitrogens with one attached hydrogen (secondary N) is 1. The molecule has 0 radical (unpaired) electrons. The summed E-state index contributed by atoms with van der Waals surface area (Å²) in [5, 5.41) is 12.8. The SMILES string of the molecule is Cc1cc(OCC(=O)O)ccc1NC(=O)c1sccc1S(=O)(=O)N(C)C. The number of anilines is 1. The van der Waals surface area contributed by atoms with Gasteiger partial charge in [0.1, 0.15) is 15.5 Å². The van der Waals surface area contributed by atoms with Gasteiger partial charge in [-0.3, -0.25) is 4.79 Å². The molecule has 0 fully saturated rings. The highest BCUT2D eigenvalue weighted by Crippen LogP contribution is 2.27. The largest absolute Gasteiger partial charge is 0.482 e. The second kappa shape index (κ2) is 7.85. The topological polar surface area (TPSA) is 113 Å². The van der Waals surface area contributed by atoms with Crippen molar-refractivity contribution in [3.8, 4) is 5.75 Å². The second-order valence-electron chi connectivity index (χ2n) is 5.51. The minimum Gasteiger partial charge on any atom is -0.482 e. The van der Waals surface area contributed by atoms with Crippen molar-refractivity contribution in [1.29, 1.82) is 0 Å². The van der Waals surface area contributed by atoms with Gasteiger partial charge >= 0.3 is 5.97 Å². The van der Waals surface area contributed by atoms with Crippen molar-refractivity contribution in [2.24, 2.45) is 0 Å². The Kier molecular flexibility index (Phi) is 6.01. The summed E-state index contributed by atoms with van der Waals surface area (Å²) in [7, 11) is -0.932. The standard InChI is InChI=1S/C16H18N2O6S2/c1-10-8-11(24-9-14(19)20)4-5-12(10)17-16(21)15-13(6-7-25-15)26(22,23)18(2)3/h4-8H,9H2,1-3H3,(H,17,21)(H,19,20). The molecule has 0 saturated carbocycles. The summed E-state index contributed by atoms with van der Waals surface area (Å²) in [6.07, 6.45) is 0. The smallest absolute Gasteiger partial charge is 0.341 e. The van der Waals surface area contributed by atoms with E-state index in [0.717, 1.165) is 15.6 Å². The molecule has 1 heterocycles. The quantitative estimate of drug-likeness (QED) is 0.738. The Morgan fingerprint density at radius 1 is 1.27 bits per heavy atom. The molecule has 10 heteroatoms. The van der Waals surface area contributed by atoms with Gasteiger partial charge in [0, 0.05) is 19.8 Å². The minimum atomic E-state index is -3.73. The lowest BCUT2D eigenvalue weighted by Crippen LogP contribution is -2.24. The van der Waals surface area contributed by atoms with Gasteiger partial charge in [-0.2, -0.15) is 0 Å². The number of carboxylic acid groups (broad SMARTS) is 1. The van der Waals surface area contributed by atoms with Crippen LogP contribution in [0.5, 0.6) is 5.75 Å². The van der Waals surface area contributed by atoms with E-state index < -0.39 is 28.5 Å². The second-order valence-corrected chi connectivity index (χ2v) is 8.55. The Labute approximate surface area is 155 Å². The molecule has 2 aromatic rings. The zero-order valence-electron chi connectivity index (χ0n) is 14.3. The van der Waals surface area contributed by atoms with E-state index in [-0.39, 0.29) is 9.77 Å². The van der Waals surface area contributed by atoms with Crippen LogP contribution >= 0.6 is 11.3 Å². The lowest BCUT2D eigenvalue weighted by atomic mass is 10.2. The molecule has 0 aliphatic heterocycles. The summed E-state index contributed by atoms with van der Waals surface area (Å²) in [6, 6.07) is 6.07. The Balaban J connectivity index is 2.22. The average molecular weight is 398 g/mol. The fourth-order valence-electron chi connectivity index (χ4n) is 2.05. The molecule has 0 aliphatic rings. The number of hydrogen-bond donors (Lipinski definition) is 2. The van der Waals surface area contributed by atoms with E-state index in [1.165, 1.54) is 26.2 Å². The van der Waals surface area contributed by atoms with Crippen LogP contribution in [0, 0.1) is 6.92 Å². The summed E-state index contributed by atoms with van der Waals surface area (Å²) in [4.78, 5) is 23.1. The van der Waals surface area contributed by atoms with Gasteiger partial charge in [0.25, 0.3) is 5.91 Å². The zero-order valence-corrected chi connectivity index (χ0v) is 16.0. The highest BCUT2D eigenvalue weighted by atomic mass is 32.2. The van der Waals surface area contributed by atoms with Crippen LogP contribution in [0.15, 0.2) is 34.5 Å². The van der Waals surface area contributed by atoms with Crippen molar-refractivity contribution in [3.05, 3.63) is 40.1 Å². The normalized spacial score (nSPS) is 11.4. The first-order chi connectivity index (χ1) is 12.1. The molecule has 1 aromatic carbocycles.